The highest BCUT2D eigenvalue weighted by Crippen LogP contribution is 2.07. The molecule has 1 aromatic heterocycles. The third-order valence-electron chi connectivity index (χ3n) is 1.16. The molecule has 46 valence electrons. The van der Waals surface area contributed by atoms with E-state index in [9.17, 15) is 0 Å². The van der Waals surface area contributed by atoms with Gasteiger partial charge in [-0.3, -0.25) is 4.98 Å². The maximum atomic E-state index is 5.75. The Kier molecular flexibility index (Phi) is 1.77. The molecule has 0 atom stereocenters. The Bertz CT molecular complexity index is 224. The third-order valence-corrected chi connectivity index (χ3v) is 1.54. The van der Waals surface area contributed by atoms with Gasteiger partial charge in [-0.05, 0) is 13.0 Å². The average Bonchev–Trinajstić information content (AvgIpc) is 1.80. The van der Waals surface area contributed by atoms with Crippen LogP contribution in [0.1, 0.15) is 5.69 Å². The summed E-state index contributed by atoms with van der Waals surface area (Å²) in [6.07, 6.45) is 1.81. The predicted molar refractivity (Wildman–Crippen MR) is 42.2 cm³/mol. The van der Waals surface area contributed by atoms with Crippen molar-refractivity contribution in [2.24, 2.45) is 0 Å². The highest BCUT2D eigenvalue weighted by Gasteiger charge is 1.92. The quantitative estimate of drug-likeness (QED) is 0.471. The van der Waals surface area contributed by atoms with E-state index >= 15 is 0 Å². The Hall–Kier alpha value is -0.495. The highest BCUT2D eigenvalue weighted by atomic mass is 35.5. The fourth-order valence-electron chi connectivity index (χ4n) is 0.602. The van der Waals surface area contributed by atoms with Crippen LogP contribution in [0.5, 0.6) is 0 Å². The van der Waals surface area contributed by atoms with Crippen molar-refractivity contribution in [3.05, 3.63) is 23.0 Å². The van der Waals surface area contributed by atoms with Gasteiger partial charge in [-0.25, -0.2) is 0 Å². The number of aromatic nitrogens is 1. The van der Waals surface area contributed by atoms with E-state index in [2.05, 4.69) is 4.98 Å². The largest absolute Gasteiger partial charge is 0.261 e. The van der Waals surface area contributed by atoms with Crippen LogP contribution in [0.25, 0.3) is 0 Å². The van der Waals surface area contributed by atoms with Crippen molar-refractivity contribution in [2.45, 2.75) is 6.92 Å². The molecule has 1 nitrogen and oxygen atoms in total. The van der Waals surface area contributed by atoms with Crippen molar-refractivity contribution < 1.29 is 0 Å². The van der Waals surface area contributed by atoms with E-state index in [4.69, 9.17) is 11.6 Å². The molecule has 0 aromatic carbocycles. The molecule has 1 aromatic rings. The summed E-state index contributed by atoms with van der Waals surface area (Å²) in [4.78, 5) is 4.05. The van der Waals surface area contributed by atoms with Crippen LogP contribution >= 0.6 is 11.6 Å². The zero-order valence-electron chi connectivity index (χ0n) is 5.48. The molecule has 0 saturated heterocycles. The molecular formula is C6H7BClN. The normalized spacial score (nSPS) is 9.56. The molecule has 0 radical (unpaired) electrons. The number of halogens is 1. The molecule has 0 unspecified atom stereocenters. The first-order chi connectivity index (χ1) is 4.20. The maximum absolute atomic E-state index is 5.75. The standard InChI is InChI=1S/C6H7BClN/c1-4-6(8)2-5(7)3-9-4/h2-3H,7H2,1H3. The van der Waals surface area contributed by atoms with Crippen molar-refractivity contribution in [3.63, 3.8) is 0 Å². The van der Waals surface area contributed by atoms with Gasteiger partial charge in [0.25, 0.3) is 0 Å². The lowest BCUT2D eigenvalue weighted by Crippen LogP contribution is -2.03. The van der Waals surface area contributed by atoms with E-state index in [0.717, 1.165) is 16.2 Å². The van der Waals surface area contributed by atoms with Gasteiger partial charge in [0, 0.05) is 6.20 Å². The van der Waals surface area contributed by atoms with Crippen LogP contribution in [0.2, 0.25) is 5.02 Å². The Morgan fingerprint density at radius 3 is 2.78 bits per heavy atom. The van der Waals surface area contributed by atoms with Crippen LogP contribution in [0, 0.1) is 6.92 Å². The summed E-state index contributed by atoms with van der Waals surface area (Å²) < 4.78 is 0. The molecule has 0 amide bonds. The lowest BCUT2D eigenvalue weighted by Gasteiger charge is -1.95. The minimum Gasteiger partial charge on any atom is -0.261 e. The van der Waals surface area contributed by atoms with Crippen LogP contribution in [-0.4, -0.2) is 12.8 Å². The summed E-state index contributed by atoms with van der Waals surface area (Å²) in [5.74, 6) is 0. The van der Waals surface area contributed by atoms with Crippen molar-refractivity contribution in [2.75, 3.05) is 0 Å². The van der Waals surface area contributed by atoms with Gasteiger partial charge in [-0.2, -0.15) is 0 Å². The van der Waals surface area contributed by atoms with Crippen molar-refractivity contribution in [1.29, 1.82) is 0 Å². The fraction of sp³-hybridized carbons (Fsp3) is 0.167. The van der Waals surface area contributed by atoms with Crippen molar-refractivity contribution in [1.82, 2.24) is 4.98 Å². The Morgan fingerprint density at radius 1 is 1.67 bits per heavy atom. The van der Waals surface area contributed by atoms with Gasteiger partial charge in [-0.15, -0.1) is 0 Å². The van der Waals surface area contributed by atoms with Crippen LogP contribution in [0.15, 0.2) is 12.3 Å². The molecule has 1 rings (SSSR count). The molecular weight excluding hydrogens is 132 g/mol. The van der Waals surface area contributed by atoms with Crippen LogP contribution in [0.4, 0.5) is 0 Å². The van der Waals surface area contributed by atoms with Crippen LogP contribution in [0.3, 0.4) is 0 Å². The summed E-state index contributed by atoms with van der Waals surface area (Å²) in [6.45, 7) is 1.89. The van der Waals surface area contributed by atoms with Crippen molar-refractivity contribution in [3.8, 4) is 0 Å². The molecule has 0 spiro atoms. The van der Waals surface area contributed by atoms with Gasteiger partial charge in [0.1, 0.15) is 7.85 Å². The second-order valence-corrected chi connectivity index (χ2v) is 2.49. The minimum atomic E-state index is 0.745. The number of nitrogens with zero attached hydrogens (tertiary/aromatic N) is 1. The van der Waals surface area contributed by atoms with Crippen LogP contribution < -0.4 is 5.46 Å². The monoisotopic (exact) mass is 139 g/mol. The van der Waals surface area contributed by atoms with E-state index in [1.807, 2.05) is 20.8 Å². The van der Waals surface area contributed by atoms with Gasteiger partial charge >= 0.3 is 0 Å². The zero-order valence-corrected chi connectivity index (χ0v) is 6.24. The topological polar surface area (TPSA) is 12.9 Å². The molecule has 0 bridgehead atoms. The van der Waals surface area contributed by atoms with Gasteiger partial charge < -0.3 is 0 Å². The van der Waals surface area contributed by atoms with Gasteiger partial charge in [0.15, 0.2) is 0 Å². The molecule has 0 aliphatic carbocycles. The molecule has 9 heavy (non-hydrogen) atoms. The molecule has 0 aliphatic rings. The molecule has 1 heterocycles. The fourth-order valence-corrected chi connectivity index (χ4v) is 0.823. The number of hydrogen-bond donors (Lipinski definition) is 0. The molecule has 3 heteroatoms. The lowest BCUT2D eigenvalue weighted by molar-refractivity contribution is 1.21. The van der Waals surface area contributed by atoms with Crippen molar-refractivity contribution >= 4 is 24.9 Å². The number of rotatable bonds is 0. The van der Waals surface area contributed by atoms with E-state index in [0.29, 0.717) is 0 Å². The first-order valence-electron chi connectivity index (χ1n) is 2.79. The zero-order chi connectivity index (χ0) is 6.85. The van der Waals surface area contributed by atoms with E-state index in [-0.39, 0.29) is 0 Å². The number of pyridine rings is 1. The number of aryl methyl sites for hydroxylation is 1. The average molecular weight is 139 g/mol. The lowest BCUT2D eigenvalue weighted by atomic mass is 9.99. The second kappa shape index (κ2) is 2.40. The minimum absolute atomic E-state index is 0.745. The Balaban J connectivity index is 3.17. The summed E-state index contributed by atoms with van der Waals surface area (Å²) >= 11 is 5.75. The SMILES string of the molecule is Bc1cnc(C)c(Cl)c1. The summed E-state index contributed by atoms with van der Waals surface area (Å²) in [5.41, 5.74) is 1.99. The number of hydrogen-bond acceptors (Lipinski definition) is 1. The molecule has 0 N–H and O–H groups in total. The van der Waals surface area contributed by atoms with E-state index in [1.54, 1.807) is 6.20 Å². The summed E-state index contributed by atoms with van der Waals surface area (Å²) in [5, 5.41) is 0.745. The molecule has 0 aliphatic heterocycles. The Morgan fingerprint density at radius 2 is 2.33 bits per heavy atom. The van der Waals surface area contributed by atoms with E-state index in [1.165, 1.54) is 0 Å². The van der Waals surface area contributed by atoms with E-state index < -0.39 is 0 Å². The summed E-state index contributed by atoms with van der Waals surface area (Å²) in [7, 11) is 1.97. The first kappa shape index (κ1) is 6.62. The molecule has 0 fully saturated rings. The van der Waals surface area contributed by atoms with Gasteiger partial charge in [-0.1, -0.05) is 17.1 Å². The third kappa shape index (κ3) is 1.45. The first-order valence-corrected chi connectivity index (χ1v) is 3.16. The smallest absolute Gasteiger partial charge is 0.141 e. The van der Waals surface area contributed by atoms with Crippen LogP contribution in [-0.2, 0) is 0 Å². The predicted octanol–water partition coefficient (Wildman–Crippen LogP) is 0.302. The molecule has 0 saturated carbocycles. The second-order valence-electron chi connectivity index (χ2n) is 2.08. The maximum Gasteiger partial charge on any atom is 0.141 e. The summed E-state index contributed by atoms with van der Waals surface area (Å²) in [6, 6.07) is 1.91. The van der Waals surface area contributed by atoms with Gasteiger partial charge in [0.05, 0.1) is 10.7 Å². The van der Waals surface area contributed by atoms with Gasteiger partial charge in [0.2, 0.25) is 0 Å². The highest BCUT2D eigenvalue weighted by molar-refractivity contribution is 6.36. The Labute approximate surface area is 60.5 Å².